The Kier molecular flexibility index (Phi) is 11.9. The van der Waals surface area contributed by atoms with Gasteiger partial charge in [0.2, 0.25) is 7.37 Å². The van der Waals surface area contributed by atoms with Gasteiger partial charge in [0.1, 0.15) is 0 Å². The molecule has 0 aromatic rings. The van der Waals surface area contributed by atoms with E-state index in [0.717, 1.165) is 36.8 Å². The molecule has 124 valence electrons. The van der Waals surface area contributed by atoms with Crippen molar-refractivity contribution in [2.75, 3.05) is 38.8 Å². The summed E-state index contributed by atoms with van der Waals surface area (Å²) in [4.78, 5) is 9.85. The molecule has 0 aromatic heterocycles. The highest BCUT2D eigenvalue weighted by Gasteiger charge is 2.16. The molecule has 0 heterocycles. The summed E-state index contributed by atoms with van der Waals surface area (Å²) in [6.45, 7) is 13.7. The average Bonchev–Trinajstić information content (AvgIpc) is 2.37. The van der Waals surface area contributed by atoms with E-state index in [0.29, 0.717) is 38.8 Å². The second-order valence-corrected chi connectivity index (χ2v) is 8.31. The standard InChI is InChI=1S/C16H31O4P/c1-15(2)13-19-9-5-7-11-21(17,18)12-8-6-10-20-14-16(3)4/h1,3,5-14H2,2,4H3,(H,17,18). The minimum absolute atomic E-state index is 0.385. The lowest BCUT2D eigenvalue weighted by atomic mass is 10.3. The van der Waals surface area contributed by atoms with E-state index in [-0.39, 0.29) is 0 Å². The van der Waals surface area contributed by atoms with Crippen LogP contribution in [0.3, 0.4) is 0 Å². The first-order valence-corrected chi connectivity index (χ1v) is 9.61. The van der Waals surface area contributed by atoms with Crippen molar-refractivity contribution in [3.63, 3.8) is 0 Å². The van der Waals surface area contributed by atoms with Gasteiger partial charge in [-0.25, -0.2) is 0 Å². The molecule has 0 radical (unpaired) electrons. The Morgan fingerprint density at radius 2 is 1.29 bits per heavy atom. The van der Waals surface area contributed by atoms with Gasteiger partial charge in [-0.3, -0.25) is 4.57 Å². The molecule has 0 aliphatic heterocycles. The Hall–Kier alpha value is -0.410. The van der Waals surface area contributed by atoms with Gasteiger partial charge in [0, 0.05) is 25.5 Å². The fourth-order valence-corrected chi connectivity index (χ4v) is 3.39. The fourth-order valence-electron chi connectivity index (χ4n) is 1.73. The van der Waals surface area contributed by atoms with Crippen LogP contribution >= 0.6 is 7.37 Å². The number of unbranched alkanes of at least 4 members (excludes halogenated alkanes) is 2. The molecule has 5 heteroatoms. The van der Waals surface area contributed by atoms with Crippen molar-refractivity contribution in [3.8, 4) is 0 Å². The van der Waals surface area contributed by atoms with Crippen molar-refractivity contribution in [1.82, 2.24) is 0 Å². The highest BCUT2D eigenvalue weighted by atomic mass is 31.2. The Morgan fingerprint density at radius 3 is 1.62 bits per heavy atom. The third kappa shape index (κ3) is 15.8. The predicted octanol–water partition coefficient (Wildman–Crippen LogP) is 4.00. The van der Waals surface area contributed by atoms with Crippen LogP contribution in [0.25, 0.3) is 0 Å². The van der Waals surface area contributed by atoms with Gasteiger partial charge in [-0.05, 0) is 39.5 Å². The number of ether oxygens (including phenoxy) is 2. The van der Waals surface area contributed by atoms with E-state index in [1.165, 1.54) is 0 Å². The Balaban J connectivity index is 3.49. The first-order chi connectivity index (χ1) is 9.83. The molecule has 0 unspecified atom stereocenters. The van der Waals surface area contributed by atoms with E-state index in [4.69, 9.17) is 9.47 Å². The first-order valence-electron chi connectivity index (χ1n) is 7.58. The van der Waals surface area contributed by atoms with E-state index < -0.39 is 7.37 Å². The van der Waals surface area contributed by atoms with E-state index in [1.807, 2.05) is 13.8 Å². The van der Waals surface area contributed by atoms with Crippen LogP contribution in [0.2, 0.25) is 0 Å². The summed E-state index contributed by atoms with van der Waals surface area (Å²) in [5, 5.41) is 0. The quantitative estimate of drug-likeness (QED) is 0.299. The zero-order valence-corrected chi connectivity index (χ0v) is 14.5. The van der Waals surface area contributed by atoms with Gasteiger partial charge in [-0.2, -0.15) is 0 Å². The number of rotatable bonds is 14. The van der Waals surface area contributed by atoms with Gasteiger partial charge < -0.3 is 14.4 Å². The topological polar surface area (TPSA) is 55.8 Å². The smallest absolute Gasteiger partial charge is 0.200 e. The summed E-state index contributed by atoms with van der Waals surface area (Å²) in [5.41, 5.74) is 1.99. The van der Waals surface area contributed by atoms with Gasteiger partial charge in [-0.1, -0.05) is 24.3 Å². The molecule has 0 saturated heterocycles. The Labute approximate surface area is 129 Å². The minimum atomic E-state index is -2.97. The number of hydrogen-bond donors (Lipinski definition) is 1. The zero-order valence-electron chi connectivity index (χ0n) is 13.6. The Morgan fingerprint density at radius 1 is 0.905 bits per heavy atom. The molecule has 0 fully saturated rings. The summed E-state index contributed by atoms with van der Waals surface area (Å²) in [5.74, 6) is 0. The van der Waals surface area contributed by atoms with Crippen molar-refractivity contribution >= 4 is 7.37 Å². The molecule has 21 heavy (non-hydrogen) atoms. The lowest BCUT2D eigenvalue weighted by molar-refractivity contribution is 0.152. The zero-order chi connectivity index (χ0) is 16.1. The lowest BCUT2D eigenvalue weighted by Gasteiger charge is -2.11. The van der Waals surface area contributed by atoms with Crippen molar-refractivity contribution < 1.29 is 18.9 Å². The van der Waals surface area contributed by atoms with Crippen molar-refractivity contribution in [2.24, 2.45) is 0 Å². The summed E-state index contributed by atoms with van der Waals surface area (Å²) >= 11 is 0. The molecule has 1 N–H and O–H groups in total. The van der Waals surface area contributed by atoms with Crippen LogP contribution in [0.4, 0.5) is 0 Å². The molecule has 0 aromatic carbocycles. The van der Waals surface area contributed by atoms with E-state index in [1.54, 1.807) is 0 Å². The second kappa shape index (κ2) is 12.2. The van der Waals surface area contributed by atoms with E-state index >= 15 is 0 Å². The predicted molar refractivity (Wildman–Crippen MR) is 89.3 cm³/mol. The maximum atomic E-state index is 11.9. The van der Waals surface area contributed by atoms with E-state index in [9.17, 15) is 9.46 Å². The van der Waals surface area contributed by atoms with Crippen LogP contribution in [-0.2, 0) is 14.0 Å². The van der Waals surface area contributed by atoms with Crippen LogP contribution in [0, 0.1) is 0 Å². The first kappa shape index (κ1) is 20.6. The molecule has 0 aliphatic carbocycles. The monoisotopic (exact) mass is 318 g/mol. The summed E-state index contributed by atoms with van der Waals surface area (Å²) in [7, 11) is -2.97. The van der Waals surface area contributed by atoms with Crippen LogP contribution in [-0.4, -0.2) is 43.6 Å². The average molecular weight is 318 g/mol. The van der Waals surface area contributed by atoms with Crippen molar-refractivity contribution in [1.29, 1.82) is 0 Å². The maximum absolute atomic E-state index is 11.9. The van der Waals surface area contributed by atoms with Crippen LogP contribution in [0.15, 0.2) is 24.3 Å². The molecular weight excluding hydrogens is 287 g/mol. The number of hydrogen-bond acceptors (Lipinski definition) is 3. The van der Waals surface area contributed by atoms with Crippen molar-refractivity contribution in [3.05, 3.63) is 24.3 Å². The highest BCUT2D eigenvalue weighted by Crippen LogP contribution is 2.42. The molecule has 0 atom stereocenters. The van der Waals surface area contributed by atoms with Crippen LogP contribution in [0.5, 0.6) is 0 Å². The lowest BCUT2D eigenvalue weighted by Crippen LogP contribution is -2.02. The van der Waals surface area contributed by atoms with Gasteiger partial charge in [0.05, 0.1) is 13.2 Å². The molecule has 0 aliphatic rings. The summed E-state index contributed by atoms with van der Waals surface area (Å²) < 4.78 is 22.7. The summed E-state index contributed by atoms with van der Waals surface area (Å²) in [6.07, 6.45) is 3.87. The molecule has 0 saturated carbocycles. The Bertz CT molecular complexity index is 322. The third-order valence-corrected chi connectivity index (χ3v) is 4.82. The fraction of sp³-hybridized carbons (Fsp3) is 0.750. The molecular formula is C16H31O4P. The second-order valence-electron chi connectivity index (χ2n) is 5.73. The SMILES string of the molecule is C=C(C)COCCCCP(=O)(O)CCCCOCC(=C)C. The largest absolute Gasteiger partial charge is 0.377 e. The molecule has 0 spiro atoms. The maximum Gasteiger partial charge on any atom is 0.200 e. The van der Waals surface area contributed by atoms with Gasteiger partial charge in [0.25, 0.3) is 0 Å². The molecule has 0 rings (SSSR count). The van der Waals surface area contributed by atoms with E-state index in [2.05, 4.69) is 13.2 Å². The molecule has 4 nitrogen and oxygen atoms in total. The molecule has 0 amide bonds. The van der Waals surface area contributed by atoms with Gasteiger partial charge >= 0.3 is 0 Å². The van der Waals surface area contributed by atoms with Crippen LogP contribution in [0.1, 0.15) is 39.5 Å². The van der Waals surface area contributed by atoms with Crippen LogP contribution < -0.4 is 0 Å². The van der Waals surface area contributed by atoms with Crippen molar-refractivity contribution in [2.45, 2.75) is 39.5 Å². The normalized spacial score (nSPS) is 11.6. The van der Waals surface area contributed by atoms with Gasteiger partial charge in [-0.15, -0.1) is 0 Å². The minimum Gasteiger partial charge on any atom is -0.377 e. The summed E-state index contributed by atoms with van der Waals surface area (Å²) in [6, 6.07) is 0. The molecule has 0 bridgehead atoms. The highest BCUT2D eigenvalue weighted by molar-refractivity contribution is 7.57. The van der Waals surface area contributed by atoms with Gasteiger partial charge in [0.15, 0.2) is 0 Å². The third-order valence-electron chi connectivity index (χ3n) is 2.79.